The first kappa shape index (κ1) is 22.2. The van der Waals surface area contributed by atoms with Crippen LogP contribution in [0.2, 0.25) is 0 Å². The summed E-state index contributed by atoms with van der Waals surface area (Å²) in [6.45, 7) is 0.687. The van der Waals surface area contributed by atoms with E-state index in [0.29, 0.717) is 36.0 Å². The van der Waals surface area contributed by atoms with Crippen molar-refractivity contribution in [3.8, 4) is 11.3 Å². The summed E-state index contributed by atoms with van der Waals surface area (Å²) in [6, 6.07) is 9.33. The van der Waals surface area contributed by atoms with Crippen molar-refractivity contribution in [2.24, 2.45) is 5.92 Å². The Bertz CT molecular complexity index is 1250. The average Bonchev–Trinajstić information content (AvgIpc) is 3.33. The highest BCUT2D eigenvalue weighted by atomic mass is 32.2. The van der Waals surface area contributed by atoms with Crippen molar-refractivity contribution in [2.75, 3.05) is 18.4 Å². The molecule has 33 heavy (non-hydrogen) atoms. The molecule has 1 aliphatic heterocycles. The minimum Gasteiger partial charge on any atom is -0.302 e. The Morgan fingerprint density at radius 2 is 1.88 bits per heavy atom. The van der Waals surface area contributed by atoms with E-state index in [1.807, 2.05) is 29.6 Å². The Kier molecular flexibility index (Phi) is 6.27. The lowest BCUT2D eigenvalue weighted by atomic mass is 9.92. The second-order valence-corrected chi connectivity index (χ2v) is 11.4. The Balaban J connectivity index is 1.20. The van der Waals surface area contributed by atoms with Gasteiger partial charge < -0.3 is 5.32 Å². The van der Waals surface area contributed by atoms with Gasteiger partial charge in [-0.25, -0.2) is 13.4 Å². The molecule has 1 N–H and O–H groups in total. The Morgan fingerprint density at radius 1 is 1.09 bits per heavy atom. The van der Waals surface area contributed by atoms with E-state index in [2.05, 4.69) is 15.3 Å². The lowest BCUT2D eigenvalue weighted by Crippen LogP contribution is -2.41. The largest absolute Gasteiger partial charge is 0.302 e. The summed E-state index contributed by atoms with van der Waals surface area (Å²) in [5.74, 6) is -0.335. The summed E-state index contributed by atoms with van der Waals surface area (Å²) < 4.78 is 27.9. The van der Waals surface area contributed by atoms with Crippen molar-refractivity contribution < 1.29 is 13.2 Å². The number of fused-ring (bicyclic) bond motifs is 1. The minimum absolute atomic E-state index is 0.104. The average molecular weight is 483 g/mol. The van der Waals surface area contributed by atoms with E-state index in [1.165, 1.54) is 27.6 Å². The second-order valence-electron chi connectivity index (χ2n) is 8.58. The highest BCUT2D eigenvalue weighted by Crippen LogP contribution is 2.29. The van der Waals surface area contributed by atoms with Crippen molar-refractivity contribution in [2.45, 2.75) is 43.4 Å². The summed E-state index contributed by atoms with van der Waals surface area (Å²) in [4.78, 5) is 21.7. The van der Waals surface area contributed by atoms with E-state index < -0.39 is 10.0 Å². The lowest BCUT2D eigenvalue weighted by Gasteiger charge is -2.30. The molecule has 5 rings (SSSR count). The highest BCUT2D eigenvalue weighted by molar-refractivity contribution is 7.89. The van der Waals surface area contributed by atoms with E-state index >= 15 is 0 Å². The van der Waals surface area contributed by atoms with E-state index in [-0.39, 0.29) is 11.8 Å². The maximum Gasteiger partial charge on any atom is 0.243 e. The smallest absolute Gasteiger partial charge is 0.243 e. The van der Waals surface area contributed by atoms with Crippen LogP contribution in [0.1, 0.15) is 36.8 Å². The van der Waals surface area contributed by atoms with Gasteiger partial charge in [0.25, 0.3) is 0 Å². The molecule has 0 unspecified atom stereocenters. The molecule has 3 heterocycles. The van der Waals surface area contributed by atoms with Crippen LogP contribution in [0.5, 0.6) is 0 Å². The molecule has 0 radical (unpaired) electrons. The molecule has 7 nitrogen and oxygen atoms in total. The molecule has 1 aromatic carbocycles. The number of hydrogen-bond donors (Lipinski definition) is 1. The van der Waals surface area contributed by atoms with E-state index in [0.717, 1.165) is 36.1 Å². The fourth-order valence-electron chi connectivity index (χ4n) is 4.56. The standard InChI is InChI=1S/C24H26N4O3S2/c29-23(27-24-26-22(16-32-24)20-6-3-11-25-15-20)18-9-12-28(13-10-18)33(30,31)21-8-7-17-4-1-2-5-19(17)14-21/h3,6-8,11,14-16,18H,1-2,4-5,9-10,12-13H2,(H,26,27,29). The predicted octanol–water partition coefficient (Wildman–Crippen LogP) is 4.12. The number of rotatable bonds is 5. The lowest BCUT2D eigenvalue weighted by molar-refractivity contribution is -0.120. The quantitative estimate of drug-likeness (QED) is 0.591. The number of piperidine rings is 1. The van der Waals surface area contributed by atoms with Crippen LogP contribution in [-0.2, 0) is 27.7 Å². The van der Waals surface area contributed by atoms with Crippen LogP contribution in [0.25, 0.3) is 11.3 Å². The van der Waals surface area contributed by atoms with Crippen molar-refractivity contribution in [3.63, 3.8) is 0 Å². The van der Waals surface area contributed by atoms with E-state index in [1.54, 1.807) is 18.5 Å². The number of nitrogens with one attached hydrogen (secondary N) is 1. The molecule has 1 fully saturated rings. The van der Waals surface area contributed by atoms with Crippen molar-refractivity contribution >= 4 is 32.4 Å². The van der Waals surface area contributed by atoms with Gasteiger partial charge in [0.15, 0.2) is 5.13 Å². The maximum absolute atomic E-state index is 13.2. The van der Waals surface area contributed by atoms with Gasteiger partial charge in [-0.1, -0.05) is 6.07 Å². The molecule has 0 saturated carbocycles. The van der Waals surface area contributed by atoms with Gasteiger partial charge in [0.1, 0.15) is 0 Å². The van der Waals surface area contributed by atoms with Crippen molar-refractivity contribution in [1.82, 2.24) is 14.3 Å². The predicted molar refractivity (Wildman–Crippen MR) is 129 cm³/mol. The first-order chi connectivity index (χ1) is 16.0. The van der Waals surface area contributed by atoms with Gasteiger partial charge in [-0.2, -0.15) is 4.31 Å². The first-order valence-corrected chi connectivity index (χ1v) is 13.6. The van der Waals surface area contributed by atoms with Gasteiger partial charge in [0, 0.05) is 42.3 Å². The van der Waals surface area contributed by atoms with Gasteiger partial charge >= 0.3 is 0 Å². The Labute approximate surface area is 197 Å². The summed E-state index contributed by atoms with van der Waals surface area (Å²) in [5.41, 5.74) is 4.10. The number of thiazole rings is 1. The number of sulfonamides is 1. The summed E-state index contributed by atoms with van der Waals surface area (Å²) >= 11 is 1.37. The molecule has 2 aromatic heterocycles. The molecule has 1 amide bonds. The van der Waals surface area contributed by atoms with E-state index in [4.69, 9.17) is 0 Å². The van der Waals surface area contributed by atoms with Crippen LogP contribution in [0.15, 0.2) is 53.0 Å². The molecule has 1 saturated heterocycles. The molecule has 2 aliphatic rings. The van der Waals surface area contributed by atoms with Crippen LogP contribution in [0.3, 0.4) is 0 Å². The van der Waals surface area contributed by atoms with Crippen LogP contribution >= 0.6 is 11.3 Å². The topological polar surface area (TPSA) is 92.3 Å². The molecular weight excluding hydrogens is 456 g/mol. The maximum atomic E-state index is 13.2. The zero-order valence-electron chi connectivity index (χ0n) is 18.2. The van der Waals surface area contributed by atoms with Gasteiger partial charge in [0.2, 0.25) is 15.9 Å². The summed E-state index contributed by atoms with van der Waals surface area (Å²) in [5, 5.41) is 5.33. The molecule has 172 valence electrons. The third-order valence-corrected chi connectivity index (χ3v) is 9.13. The van der Waals surface area contributed by atoms with Gasteiger partial charge in [-0.05, 0) is 73.9 Å². The second kappa shape index (κ2) is 9.32. The monoisotopic (exact) mass is 482 g/mol. The Morgan fingerprint density at radius 3 is 2.64 bits per heavy atom. The summed E-state index contributed by atoms with van der Waals surface area (Å²) in [6.07, 6.45) is 8.68. The number of amides is 1. The number of carbonyl (C=O) groups is 1. The van der Waals surface area contributed by atoms with Crippen LogP contribution in [0.4, 0.5) is 5.13 Å². The third kappa shape index (κ3) is 4.71. The van der Waals surface area contributed by atoms with Crippen molar-refractivity contribution in [1.29, 1.82) is 0 Å². The molecule has 3 aromatic rings. The minimum atomic E-state index is -3.55. The fourth-order valence-corrected chi connectivity index (χ4v) is 6.81. The molecular formula is C24H26N4O3S2. The highest BCUT2D eigenvalue weighted by Gasteiger charge is 2.32. The van der Waals surface area contributed by atoms with E-state index in [9.17, 15) is 13.2 Å². The zero-order valence-corrected chi connectivity index (χ0v) is 19.9. The third-order valence-electron chi connectivity index (χ3n) is 6.47. The number of benzene rings is 1. The number of anilines is 1. The SMILES string of the molecule is O=C(Nc1nc(-c2cccnc2)cs1)C1CCN(S(=O)(=O)c2ccc3c(c2)CCCC3)CC1. The zero-order chi connectivity index (χ0) is 22.8. The molecule has 0 bridgehead atoms. The molecule has 9 heteroatoms. The van der Waals surface area contributed by atoms with Crippen LogP contribution in [-0.4, -0.2) is 41.7 Å². The number of nitrogens with zero attached hydrogens (tertiary/aromatic N) is 3. The Hall–Kier alpha value is -2.62. The van der Waals surface area contributed by atoms with Crippen LogP contribution < -0.4 is 5.32 Å². The van der Waals surface area contributed by atoms with Gasteiger partial charge in [-0.15, -0.1) is 11.3 Å². The van der Waals surface area contributed by atoms with Crippen molar-refractivity contribution in [3.05, 3.63) is 59.2 Å². The number of pyridine rings is 1. The number of hydrogen-bond acceptors (Lipinski definition) is 6. The summed E-state index contributed by atoms with van der Waals surface area (Å²) in [7, 11) is -3.55. The van der Waals surface area contributed by atoms with Gasteiger partial charge in [-0.3, -0.25) is 9.78 Å². The number of aryl methyl sites for hydroxylation is 2. The normalized spacial score (nSPS) is 17.5. The number of carbonyl (C=O) groups excluding carboxylic acids is 1. The van der Waals surface area contributed by atoms with Gasteiger partial charge in [0.05, 0.1) is 10.6 Å². The first-order valence-electron chi connectivity index (χ1n) is 11.3. The molecule has 1 aliphatic carbocycles. The molecule has 0 spiro atoms. The molecule has 0 atom stereocenters. The number of aromatic nitrogens is 2. The fraction of sp³-hybridized carbons (Fsp3) is 0.375. The van der Waals surface area contributed by atoms with Crippen LogP contribution in [0, 0.1) is 5.92 Å².